The summed E-state index contributed by atoms with van der Waals surface area (Å²) in [6, 6.07) is 11.9. The van der Waals surface area contributed by atoms with E-state index in [1.54, 1.807) is 13.0 Å². The van der Waals surface area contributed by atoms with Crippen molar-refractivity contribution in [1.82, 2.24) is 5.32 Å². The van der Waals surface area contributed by atoms with E-state index in [9.17, 15) is 14.9 Å². The van der Waals surface area contributed by atoms with Crippen molar-refractivity contribution >= 4 is 34.6 Å². The summed E-state index contributed by atoms with van der Waals surface area (Å²) in [5, 5.41) is 16.2. The number of amides is 1. The lowest BCUT2D eigenvalue weighted by atomic mass is 10.0. The highest BCUT2D eigenvalue weighted by Crippen LogP contribution is 2.25. The monoisotopic (exact) mass is 387 g/mol. The second kappa shape index (κ2) is 9.09. The Hall–Kier alpha value is -3.00. The zero-order valence-electron chi connectivity index (χ0n) is 15.3. The maximum Gasteiger partial charge on any atom is 0.271 e. The zero-order chi connectivity index (χ0) is 20.0. The van der Waals surface area contributed by atoms with E-state index in [0.717, 1.165) is 11.1 Å². The Bertz CT molecular complexity index is 868. The number of para-hydroxylation sites is 1. The van der Waals surface area contributed by atoms with Gasteiger partial charge in [0.25, 0.3) is 11.6 Å². The summed E-state index contributed by atoms with van der Waals surface area (Å²) in [5.74, 6) is 0.494. The number of nitrogens with one attached hydrogen (secondary N) is 2. The van der Waals surface area contributed by atoms with Crippen LogP contribution in [0.25, 0.3) is 0 Å². The quantitative estimate of drug-likeness (QED) is 0.443. The molecule has 0 radical (unpaired) electrons. The molecule has 27 heavy (non-hydrogen) atoms. The van der Waals surface area contributed by atoms with Gasteiger partial charge >= 0.3 is 0 Å². The Morgan fingerprint density at radius 3 is 2.63 bits per heavy atom. The number of non-ortho nitro benzene ring substituents is 1. The number of carbonyl (C=O) groups excluding carboxylic acids is 1. The zero-order valence-corrected chi connectivity index (χ0v) is 16.1. The van der Waals surface area contributed by atoms with Crippen LogP contribution in [0.2, 0.25) is 0 Å². The topological polar surface area (TPSA) is 93.5 Å². The highest BCUT2D eigenvalue weighted by molar-refractivity contribution is 7.80. The molecule has 2 N–H and O–H groups in total. The van der Waals surface area contributed by atoms with Crippen LogP contribution in [-0.4, -0.2) is 22.5 Å². The lowest BCUT2D eigenvalue weighted by molar-refractivity contribution is -0.384. The largest absolute Gasteiger partial charge is 0.483 e. The number of nitro groups is 1. The van der Waals surface area contributed by atoms with E-state index >= 15 is 0 Å². The van der Waals surface area contributed by atoms with E-state index < -0.39 is 10.8 Å². The molecule has 1 amide bonds. The van der Waals surface area contributed by atoms with Crippen molar-refractivity contribution in [1.29, 1.82) is 0 Å². The summed E-state index contributed by atoms with van der Waals surface area (Å²) in [7, 11) is 0. The molecule has 2 rings (SSSR count). The number of carbonyl (C=O) groups is 1. The Morgan fingerprint density at radius 2 is 1.96 bits per heavy atom. The van der Waals surface area contributed by atoms with Gasteiger partial charge in [0, 0.05) is 17.8 Å². The molecule has 2 aromatic carbocycles. The van der Waals surface area contributed by atoms with Gasteiger partial charge in [0.05, 0.1) is 4.92 Å². The Labute approximate surface area is 162 Å². The maximum absolute atomic E-state index is 12.1. The van der Waals surface area contributed by atoms with E-state index in [1.165, 1.54) is 12.1 Å². The molecule has 8 heteroatoms. The van der Waals surface area contributed by atoms with E-state index in [0.29, 0.717) is 11.4 Å². The molecule has 0 spiro atoms. The number of thiocarbonyl (C=S) groups is 1. The van der Waals surface area contributed by atoms with Crippen LogP contribution >= 0.6 is 12.2 Å². The van der Waals surface area contributed by atoms with Crippen LogP contribution in [0.15, 0.2) is 42.5 Å². The van der Waals surface area contributed by atoms with Gasteiger partial charge in [0.15, 0.2) is 11.7 Å². The Balaban J connectivity index is 1.94. The third-order valence-electron chi connectivity index (χ3n) is 3.83. The third-order valence-corrected chi connectivity index (χ3v) is 4.04. The number of benzene rings is 2. The predicted octanol–water partition coefficient (Wildman–Crippen LogP) is 3.92. The number of nitro benzene ring substituents is 1. The Kier molecular flexibility index (Phi) is 6.84. The standard InChI is InChI=1S/C19H21N3O4S/c1-12(2)15-6-4-5-7-17(15)26-11-18(23)21-19(27)20-16-10-14(22(24)25)9-8-13(16)3/h4-10,12H,11H2,1-3H3,(H2,20,21,23,27). The third kappa shape index (κ3) is 5.75. The first-order valence-electron chi connectivity index (χ1n) is 8.35. The number of nitrogens with zero attached hydrogens (tertiary/aromatic N) is 1. The first kappa shape index (κ1) is 20.3. The van der Waals surface area contributed by atoms with Crippen molar-refractivity contribution in [2.75, 3.05) is 11.9 Å². The van der Waals surface area contributed by atoms with Gasteiger partial charge in [-0.05, 0) is 42.3 Å². The number of aryl methyl sites for hydroxylation is 1. The van der Waals surface area contributed by atoms with Gasteiger partial charge in [-0.1, -0.05) is 38.1 Å². The summed E-state index contributed by atoms with van der Waals surface area (Å²) in [4.78, 5) is 22.5. The first-order valence-corrected chi connectivity index (χ1v) is 8.76. The molecule has 0 atom stereocenters. The summed E-state index contributed by atoms with van der Waals surface area (Å²) >= 11 is 5.11. The maximum atomic E-state index is 12.1. The summed E-state index contributed by atoms with van der Waals surface area (Å²) in [6.07, 6.45) is 0. The minimum atomic E-state index is -0.494. The van der Waals surface area contributed by atoms with Crippen molar-refractivity contribution in [2.45, 2.75) is 26.7 Å². The van der Waals surface area contributed by atoms with Crippen molar-refractivity contribution in [3.8, 4) is 5.75 Å². The molecular formula is C19H21N3O4S. The van der Waals surface area contributed by atoms with Crippen LogP contribution in [-0.2, 0) is 4.79 Å². The smallest absolute Gasteiger partial charge is 0.271 e. The lowest BCUT2D eigenvalue weighted by Gasteiger charge is -2.14. The SMILES string of the molecule is Cc1ccc([N+](=O)[O-])cc1NC(=S)NC(=O)COc1ccccc1C(C)C. The van der Waals surface area contributed by atoms with Crippen LogP contribution in [0.3, 0.4) is 0 Å². The molecule has 0 aliphatic carbocycles. The van der Waals surface area contributed by atoms with Gasteiger partial charge in [0.2, 0.25) is 0 Å². The highest BCUT2D eigenvalue weighted by Gasteiger charge is 2.12. The number of hydrogen-bond acceptors (Lipinski definition) is 5. The fraction of sp³-hybridized carbons (Fsp3) is 0.263. The van der Waals surface area contributed by atoms with E-state index in [1.807, 2.05) is 38.1 Å². The molecule has 0 saturated heterocycles. The number of hydrogen-bond donors (Lipinski definition) is 2. The van der Waals surface area contributed by atoms with Crippen LogP contribution < -0.4 is 15.4 Å². The molecule has 0 aliphatic heterocycles. The molecule has 0 bridgehead atoms. The number of anilines is 1. The minimum Gasteiger partial charge on any atom is -0.483 e. The average molecular weight is 387 g/mol. The average Bonchev–Trinajstić information content (AvgIpc) is 2.61. The van der Waals surface area contributed by atoms with Crippen LogP contribution in [0.5, 0.6) is 5.75 Å². The molecule has 0 aliphatic rings. The molecule has 0 heterocycles. The van der Waals surface area contributed by atoms with Crippen molar-refractivity contribution in [2.24, 2.45) is 0 Å². The fourth-order valence-corrected chi connectivity index (χ4v) is 2.63. The molecule has 2 aromatic rings. The van der Waals surface area contributed by atoms with Gasteiger partial charge < -0.3 is 10.1 Å². The number of ether oxygens (including phenoxy) is 1. The minimum absolute atomic E-state index is 0.0457. The van der Waals surface area contributed by atoms with E-state index in [2.05, 4.69) is 10.6 Å². The van der Waals surface area contributed by atoms with Crippen LogP contribution in [0.4, 0.5) is 11.4 Å². The molecule has 142 valence electrons. The Morgan fingerprint density at radius 1 is 1.26 bits per heavy atom. The van der Waals surface area contributed by atoms with Gasteiger partial charge in [-0.2, -0.15) is 0 Å². The molecule has 0 unspecified atom stereocenters. The summed E-state index contributed by atoms with van der Waals surface area (Å²) < 4.78 is 5.60. The van der Waals surface area contributed by atoms with Crippen LogP contribution in [0.1, 0.15) is 30.9 Å². The molecule has 0 fully saturated rings. The fourth-order valence-electron chi connectivity index (χ4n) is 2.41. The van der Waals surface area contributed by atoms with Crippen molar-refractivity contribution in [3.63, 3.8) is 0 Å². The molecule has 7 nitrogen and oxygen atoms in total. The molecule has 0 aromatic heterocycles. The summed E-state index contributed by atoms with van der Waals surface area (Å²) in [5.41, 5.74) is 2.17. The van der Waals surface area contributed by atoms with Gasteiger partial charge in [-0.25, -0.2) is 0 Å². The molecular weight excluding hydrogens is 366 g/mol. The van der Waals surface area contributed by atoms with Gasteiger partial charge in [-0.15, -0.1) is 0 Å². The second-order valence-electron chi connectivity index (χ2n) is 6.24. The lowest BCUT2D eigenvalue weighted by Crippen LogP contribution is -2.37. The summed E-state index contributed by atoms with van der Waals surface area (Å²) in [6.45, 7) is 5.67. The predicted molar refractivity (Wildman–Crippen MR) is 108 cm³/mol. The van der Waals surface area contributed by atoms with Crippen LogP contribution in [0, 0.1) is 17.0 Å². The van der Waals surface area contributed by atoms with Crippen molar-refractivity contribution < 1.29 is 14.5 Å². The van der Waals surface area contributed by atoms with E-state index in [-0.39, 0.29) is 23.3 Å². The first-order chi connectivity index (χ1) is 12.8. The number of rotatable bonds is 6. The van der Waals surface area contributed by atoms with E-state index in [4.69, 9.17) is 17.0 Å². The highest BCUT2D eigenvalue weighted by atomic mass is 32.1. The second-order valence-corrected chi connectivity index (χ2v) is 6.65. The van der Waals surface area contributed by atoms with Gasteiger partial charge in [0.1, 0.15) is 5.75 Å². The normalized spacial score (nSPS) is 10.4. The van der Waals surface area contributed by atoms with Gasteiger partial charge in [-0.3, -0.25) is 20.2 Å². The molecule has 0 saturated carbocycles. The van der Waals surface area contributed by atoms with Crippen molar-refractivity contribution in [3.05, 3.63) is 63.7 Å².